The van der Waals surface area contributed by atoms with Crippen LogP contribution >= 0.6 is 0 Å². The Labute approximate surface area is 144 Å². The number of carbonyl (C=O) groups excluding carboxylic acids is 2. The molecule has 1 aliphatic rings. The third-order valence-corrected chi connectivity index (χ3v) is 4.56. The molecule has 0 atom stereocenters. The molecule has 0 saturated carbocycles. The van der Waals surface area contributed by atoms with E-state index in [1.807, 2.05) is 13.0 Å². The van der Waals surface area contributed by atoms with Gasteiger partial charge >= 0.3 is 11.8 Å². The molecule has 0 aromatic heterocycles. The van der Waals surface area contributed by atoms with E-state index >= 15 is 0 Å². The summed E-state index contributed by atoms with van der Waals surface area (Å²) < 4.78 is 0. The molecule has 2 amide bonds. The SMILES string of the molecule is CCCNC(=O)C(=O)NCC1CCN(CCc2ccccc2)CC1. The van der Waals surface area contributed by atoms with E-state index in [4.69, 9.17) is 0 Å². The summed E-state index contributed by atoms with van der Waals surface area (Å²) in [5.74, 6) is -0.548. The Hall–Kier alpha value is -1.88. The predicted molar refractivity (Wildman–Crippen MR) is 95.6 cm³/mol. The molecule has 24 heavy (non-hydrogen) atoms. The van der Waals surface area contributed by atoms with Crippen molar-refractivity contribution in [3.8, 4) is 0 Å². The van der Waals surface area contributed by atoms with Crippen LogP contribution in [0.15, 0.2) is 30.3 Å². The number of benzene rings is 1. The summed E-state index contributed by atoms with van der Waals surface area (Å²) in [5, 5.41) is 5.36. The van der Waals surface area contributed by atoms with Crippen molar-refractivity contribution < 1.29 is 9.59 Å². The summed E-state index contributed by atoms with van der Waals surface area (Å²) in [4.78, 5) is 25.7. The van der Waals surface area contributed by atoms with Crippen LogP contribution in [0.25, 0.3) is 0 Å². The van der Waals surface area contributed by atoms with Crippen LogP contribution in [-0.2, 0) is 16.0 Å². The largest absolute Gasteiger partial charge is 0.348 e. The van der Waals surface area contributed by atoms with Crippen LogP contribution in [0.4, 0.5) is 0 Å². The fraction of sp³-hybridized carbons (Fsp3) is 0.579. The molecule has 2 rings (SSSR count). The van der Waals surface area contributed by atoms with Gasteiger partial charge in [-0.25, -0.2) is 0 Å². The van der Waals surface area contributed by atoms with Crippen LogP contribution in [0.1, 0.15) is 31.7 Å². The lowest BCUT2D eigenvalue weighted by atomic mass is 9.96. The van der Waals surface area contributed by atoms with Gasteiger partial charge in [-0.1, -0.05) is 37.3 Å². The van der Waals surface area contributed by atoms with Gasteiger partial charge in [0.05, 0.1) is 0 Å². The molecule has 1 heterocycles. The molecule has 0 bridgehead atoms. The Balaban J connectivity index is 1.60. The first-order valence-electron chi connectivity index (χ1n) is 9.01. The van der Waals surface area contributed by atoms with E-state index in [0.717, 1.165) is 45.3 Å². The van der Waals surface area contributed by atoms with Crippen LogP contribution in [0, 0.1) is 5.92 Å². The minimum Gasteiger partial charge on any atom is -0.348 e. The van der Waals surface area contributed by atoms with Gasteiger partial charge in [0.2, 0.25) is 0 Å². The van der Waals surface area contributed by atoms with E-state index in [1.54, 1.807) is 0 Å². The number of likely N-dealkylation sites (tertiary alicyclic amines) is 1. The molecule has 5 nitrogen and oxygen atoms in total. The minimum absolute atomic E-state index is 0.473. The number of hydrogen-bond acceptors (Lipinski definition) is 3. The molecular formula is C19H29N3O2. The molecule has 0 aliphatic carbocycles. The van der Waals surface area contributed by atoms with Crippen molar-refractivity contribution in [1.29, 1.82) is 0 Å². The van der Waals surface area contributed by atoms with Gasteiger partial charge in [-0.3, -0.25) is 9.59 Å². The van der Waals surface area contributed by atoms with Gasteiger partial charge in [0.1, 0.15) is 0 Å². The highest BCUT2D eigenvalue weighted by atomic mass is 16.2. The Morgan fingerprint density at radius 3 is 2.42 bits per heavy atom. The second-order valence-corrected chi connectivity index (χ2v) is 6.49. The Morgan fingerprint density at radius 1 is 1.08 bits per heavy atom. The highest BCUT2D eigenvalue weighted by Gasteiger charge is 2.20. The summed E-state index contributed by atoms with van der Waals surface area (Å²) in [6.07, 6.45) is 4.07. The number of rotatable bonds is 7. The van der Waals surface area contributed by atoms with Crippen molar-refractivity contribution in [3.05, 3.63) is 35.9 Å². The average molecular weight is 331 g/mol. The zero-order chi connectivity index (χ0) is 17.2. The number of nitrogens with zero attached hydrogens (tertiary/aromatic N) is 1. The predicted octanol–water partition coefficient (Wildman–Crippen LogP) is 1.58. The van der Waals surface area contributed by atoms with E-state index in [9.17, 15) is 9.59 Å². The van der Waals surface area contributed by atoms with Crippen LogP contribution < -0.4 is 10.6 Å². The molecule has 1 fully saturated rings. The zero-order valence-electron chi connectivity index (χ0n) is 14.6. The maximum atomic E-state index is 11.7. The highest BCUT2D eigenvalue weighted by Crippen LogP contribution is 2.16. The Kier molecular flexibility index (Phi) is 7.75. The Morgan fingerprint density at radius 2 is 1.75 bits per heavy atom. The van der Waals surface area contributed by atoms with E-state index in [0.29, 0.717) is 19.0 Å². The quantitative estimate of drug-likeness (QED) is 0.746. The fourth-order valence-electron chi connectivity index (χ4n) is 2.98. The van der Waals surface area contributed by atoms with Crippen LogP contribution in [0.5, 0.6) is 0 Å². The van der Waals surface area contributed by atoms with Crippen molar-refractivity contribution in [2.24, 2.45) is 5.92 Å². The van der Waals surface area contributed by atoms with Gasteiger partial charge in [0, 0.05) is 19.6 Å². The van der Waals surface area contributed by atoms with Gasteiger partial charge < -0.3 is 15.5 Å². The second kappa shape index (κ2) is 10.1. The van der Waals surface area contributed by atoms with Crippen molar-refractivity contribution in [1.82, 2.24) is 15.5 Å². The molecule has 1 aliphatic heterocycles. The van der Waals surface area contributed by atoms with Crippen molar-refractivity contribution in [2.45, 2.75) is 32.6 Å². The third-order valence-electron chi connectivity index (χ3n) is 4.56. The zero-order valence-corrected chi connectivity index (χ0v) is 14.6. The molecule has 1 saturated heterocycles. The van der Waals surface area contributed by atoms with Gasteiger partial charge in [0.25, 0.3) is 0 Å². The van der Waals surface area contributed by atoms with Gasteiger partial charge in [-0.15, -0.1) is 0 Å². The van der Waals surface area contributed by atoms with Crippen molar-refractivity contribution >= 4 is 11.8 Å². The topological polar surface area (TPSA) is 61.4 Å². The monoisotopic (exact) mass is 331 g/mol. The molecule has 0 spiro atoms. The lowest BCUT2D eigenvalue weighted by Gasteiger charge is -2.32. The lowest BCUT2D eigenvalue weighted by Crippen LogP contribution is -2.44. The van der Waals surface area contributed by atoms with Crippen LogP contribution in [-0.4, -0.2) is 49.4 Å². The van der Waals surface area contributed by atoms with E-state index in [1.165, 1.54) is 5.56 Å². The van der Waals surface area contributed by atoms with Crippen molar-refractivity contribution in [3.63, 3.8) is 0 Å². The maximum Gasteiger partial charge on any atom is 0.309 e. The van der Waals surface area contributed by atoms with E-state index < -0.39 is 11.8 Å². The van der Waals surface area contributed by atoms with Gasteiger partial charge in [-0.2, -0.15) is 0 Å². The lowest BCUT2D eigenvalue weighted by molar-refractivity contribution is -0.139. The van der Waals surface area contributed by atoms with Crippen molar-refractivity contribution in [2.75, 3.05) is 32.7 Å². The molecule has 1 aromatic rings. The normalized spacial score (nSPS) is 15.9. The van der Waals surface area contributed by atoms with Crippen LogP contribution in [0.2, 0.25) is 0 Å². The highest BCUT2D eigenvalue weighted by molar-refractivity contribution is 6.35. The second-order valence-electron chi connectivity index (χ2n) is 6.49. The molecule has 0 unspecified atom stereocenters. The molecule has 2 N–H and O–H groups in total. The van der Waals surface area contributed by atoms with E-state index in [-0.39, 0.29) is 0 Å². The molecule has 1 aromatic carbocycles. The molecular weight excluding hydrogens is 302 g/mol. The summed E-state index contributed by atoms with van der Waals surface area (Å²) in [6, 6.07) is 10.6. The standard InChI is InChI=1S/C19H29N3O2/c1-2-11-20-18(23)19(24)21-15-17-9-13-22(14-10-17)12-8-16-6-4-3-5-7-16/h3-7,17H,2,8-15H2,1H3,(H,20,23)(H,21,24). The molecule has 5 heteroatoms. The summed E-state index contributed by atoms with van der Waals surface area (Å²) in [7, 11) is 0. The minimum atomic E-state index is -0.517. The van der Waals surface area contributed by atoms with Gasteiger partial charge in [0.15, 0.2) is 0 Å². The first-order valence-corrected chi connectivity index (χ1v) is 9.01. The number of hydrogen-bond donors (Lipinski definition) is 2. The number of amides is 2. The molecule has 0 radical (unpaired) electrons. The first-order chi connectivity index (χ1) is 11.7. The Bertz CT molecular complexity index is 511. The number of piperidine rings is 1. The summed E-state index contributed by atoms with van der Waals surface area (Å²) in [6.45, 7) is 6.33. The smallest absolute Gasteiger partial charge is 0.309 e. The summed E-state index contributed by atoms with van der Waals surface area (Å²) >= 11 is 0. The maximum absolute atomic E-state index is 11.7. The first kappa shape index (κ1) is 18.5. The summed E-state index contributed by atoms with van der Waals surface area (Å²) in [5.41, 5.74) is 1.38. The van der Waals surface area contributed by atoms with Gasteiger partial charge in [-0.05, 0) is 50.3 Å². The third kappa shape index (κ3) is 6.32. The number of nitrogens with one attached hydrogen (secondary N) is 2. The number of carbonyl (C=O) groups is 2. The van der Waals surface area contributed by atoms with Crippen LogP contribution in [0.3, 0.4) is 0 Å². The van der Waals surface area contributed by atoms with E-state index in [2.05, 4.69) is 39.8 Å². The fourth-order valence-corrected chi connectivity index (χ4v) is 2.98. The average Bonchev–Trinajstić information content (AvgIpc) is 2.64. The molecule has 132 valence electrons.